The van der Waals surface area contributed by atoms with Crippen LogP contribution in [0.15, 0.2) is 97.1 Å². The topological polar surface area (TPSA) is 92.3 Å². The van der Waals surface area contributed by atoms with E-state index in [1.165, 1.54) is 0 Å². The van der Waals surface area contributed by atoms with Crippen LogP contribution in [0.25, 0.3) is 65.3 Å². The van der Waals surface area contributed by atoms with Crippen molar-refractivity contribution in [3.8, 4) is 22.3 Å². The number of imide groups is 2. The third-order valence-electron chi connectivity index (χ3n) is 8.72. The van der Waals surface area contributed by atoms with E-state index in [0.717, 1.165) is 54.6 Å². The van der Waals surface area contributed by atoms with E-state index >= 15 is 0 Å². The van der Waals surface area contributed by atoms with Gasteiger partial charge in [0, 0.05) is 33.0 Å². The summed E-state index contributed by atoms with van der Waals surface area (Å²) in [6.45, 7) is 0. The van der Waals surface area contributed by atoms with Gasteiger partial charge < -0.3 is 0 Å². The van der Waals surface area contributed by atoms with Crippen molar-refractivity contribution < 1.29 is 19.2 Å². The summed E-state index contributed by atoms with van der Waals surface area (Å²) in [6.07, 6.45) is 0. The second-order valence-corrected chi connectivity index (χ2v) is 10.8. The first kappa shape index (κ1) is 22.9. The first-order chi connectivity index (χ1) is 20.5. The molecule has 196 valence electrons. The molecule has 0 fully saturated rings. The van der Waals surface area contributed by atoms with E-state index < -0.39 is 23.6 Å². The van der Waals surface area contributed by atoms with Crippen molar-refractivity contribution in [3.63, 3.8) is 0 Å². The number of carbonyl (C=O) groups is 4. The summed E-state index contributed by atoms with van der Waals surface area (Å²) in [7, 11) is 0. The second-order valence-electron chi connectivity index (χ2n) is 10.8. The highest BCUT2D eigenvalue weighted by Crippen LogP contribution is 2.52. The highest BCUT2D eigenvalue weighted by Gasteiger charge is 2.35. The van der Waals surface area contributed by atoms with Crippen LogP contribution in [0.1, 0.15) is 41.4 Å². The molecule has 0 spiro atoms. The molecule has 0 radical (unpaired) electrons. The zero-order chi connectivity index (χ0) is 28.3. The summed E-state index contributed by atoms with van der Waals surface area (Å²) in [5.74, 6) is -1.73. The Labute approximate surface area is 237 Å². The van der Waals surface area contributed by atoms with Crippen LogP contribution in [0.3, 0.4) is 0 Å². The van der Waals surface area contributed by atoms with Gasteiger partial charge in [0.15, 0.2) is 0 Å². The summed E-state index contributed by atoms with van der Waals surface area (Å²) in [5.41, 5.74) is 5.10. The Morgan fingerprint density at radius 2 is 0.810 bits per heavy atom. The second kappa shape index (κ2) is 7.86. The molecule has 2 aliphatic rings. The smallest absolute Gasteiger partial charge is 0.259 e. The van der Waals surface area contributed by atoms with E-state index in [2.05, 4.69) is 10.6 Å². The van der Waals surface area contributed by atoms with Gasteiger partial charge in [-0.25, -0.2) is 0 Å². The average Bonchev–Trinajstić information content (AvgIpc) is 3.02. The zero-order valence-corrected chi connectivity index (χ0v) is 21.9. The van der Waals surface area contributed by atoms with E-state index in [1.807, 2.05) is 78.9 Å². The van der Waals surface area contributed by atoms with E-state index in [4.69, 9.17) is 0 Å². The van der Waals surface area contributed by atoms with Crippen LogP contribution < -0.4 is 10.6 Å². The van der Waals surface area contributed by atoms with E-state index in [1.54, 1.807) is 18.2 Å². The summed E-state index contributed by atoms with van der Waals surface area (Å²) in [4.78, 5) is 53.0. The molecule has 4 amide bonds. The fourth-order valence-electron chi connectivity index (χ4n) is 7.10. The molecule has 2 heterocycles. The van der Waals surface area contributed by atoms with Gasteiger partial charge in [0.05, 0.1) is 5.56 Å². The predicted octanol–water partition coefficient (Wildman–Crippen LogP) is 6.84. The summed E-state index contributed by atoms with van der Waals surface area (Å²) >= 11 is 0. The maximum atomic E-state index is 13.8. The number of fused-ring (bicyclic) bond motifs is 2. The average molecular weight is 543 g/mol. The Hall–Kier alpha value is -5.88. The molecule has 6 nitrogen and oxygen atoms in total. The lowest BCUT2D eigenvalue weighted by Crippen LogP contribution is -2.35. The van der Waals surface area contributed by atoms with Crippen molar-refractivity contribution in [2.45, 2.75) is 0 Å². The number of rotatable bonds is 2. The number of hydrogen-bond donors (Lipinski definition) is 2. The summed E-state index contributed by atoms with van der Waals surface area (Å²) < 4.78 is 0. The minimum atomic E-state index is -0.439. The molecule has 0 aromatic heterocycles. The lowest BCUT2D eigenvalue weighted by atomic mass is 9.76. The van der Waals surface area contributed by atoms with E-state index in [9.17, 15) is 19.2 Å². The van der Waals surface area contributed by atoms with Crippen LogP contribution >= 0.6 is 0 Å². The summed E-state index contributed by atoms with van der Waals surface area (Å²) in [6, 6.07) is 30.7. The van der Waals surface area contributed by atoms with Gasteiger partial charge in [-0.05, 0) is 67.2 Å². The minimum absolute atomic E-state index is 0.428. The molecule has 9 rings (SSSR count). The number of nitrogens with one attached hydrogen (secondary N) is 2. The standard InChI is InChI=1S/C36H18N2O4/c39-33-22-14-11-19-20-12-15-24-31-29(20)30(21-13-16-23(34(40)37-33)28(22)27(19)21)25(17-7-3-1-4-8-17)26(18-9-5-2-6-10-18)32(31)36(42)38-35(24)41/h1-16H,(H,37,39,40)(H,38,41,42). The molecule has 7 aromatic rings. The van der Waals surface area contributed by atoms with Crippen LogP contribution in [0.4, 0.5) is 0 Å². The Morgan fingerprint density at radius 1 is 0.333 bits per heavy atom. The maximum Gasteiger partial charge on any atom is 0.259 e. The van der Waals surface area contributed by atoms with Crippen molar-refractivity contribution in [3.05, 3.63) is 119 Å². The van der Waals surface area contributed by atoms with Gasteiger partial charge in [0.1, 0.15) is 0 Å². The Bertz CT molecular complexity index is 2390. The predicted molar refractivity (Wildman–Crippen MR) is 162 cm³/mol. The third kappa shape index (κ3) is 2.73. The molecule has 2 N–H and O–H groups in total. The van der Waals surface area contributed by atoms with Gasteiger partial charge in [0.2, 0.25) is 0 Å². The number of carbonyl (C=O) groups excluding carboxylic acids is 4. The zero-order valence-electron chi connectivity index (χ0n) is 21.9. The van der Waals surface area contributed by atoms with Crippen molar-refractivity contribution in [2.24, 2.45) is 0 Å². The molecule has 0 atom stereocenters. The van der Waals surface area contributed by atoms with E-state index in [-0.39, 0.29) is 0 Å². The highest BCUT2D eigenvalue weighted by molar-refractivity contribution is 6.44. The third-order valence-corrected chi connectivity index (χ3v) is 8.72. The van der Waals surface area contributed by atoms with Crippen LogP contribution in [0.5, 0.6) is 0 Å². The first-order valence-corrected chi connectivity index (χ1v) is 13.6. The molecular weight excluding hydrogens is 524 g/mol. The van der Waals surface area contributed by atoms with E-state index in [0.29, 0.717) is 33.0 Å². The Balaban J connectivity index is 1.66. The van der Waals surface area contributed by atoms with Crippen LogP contribution in [-0.4, -0.2) is 23.6 Å². The lowest BCUT2D eigenvalue weighted by Gasteiger charge is -2.28. The van der Waals surface area contributed by atoms with Crippen molar-refractivity contribution in [2.75, 3.05) is 0 Å². The molecule has 7 aromatic carbocycles. The lowest BCUT2D eigenvalue weighted by molar-refractivity contribution is 0.0828. The highest BCUT2D eigenvalue weighted by atomic mass is 16.2. The number of amides is 4. The molecule has 2 aliphatic heterocycles. The van der Waals surface area contributed by atoms with Crippen molar-refractivity contribution in [1.29, 1.82) is 0 Å². The van der Waals surface area contributed by atoms with Crippen LogP contribution in [0.2, 0.25) is 0 Å². The molecule has 0 unspecified atom stereocenters. The van der Waals surface area contributed by atoms with Gasteiger partial charge >= 0.3 is 0 Å². The Morgan fingerprint density at radius 3 is 1.40 bits per heavy atom. The molecule has 0 bridgehead atoms. The largest absolute Gasteiger partial charge is 0.288 e. The molecule has 0 saturated carbocycles. The van der Waals surface area contributed by atoms with Gasteiger partial charge in [-0.15, -0.1) is 0 Å². The monoisotopic (exact) mass is 542 g/mol. The Kier molecular flexibility index (Phi) is 4.28. The number of benzene rings is 7. The summed E-state index contributed by atoms with van der Waals surface area (Å²) in [5, 5.41) is 11.3. The molecule has 42 heavy (non-hydrogen) atoms. The van der Waals surface area contributed by atoms with Crippen molar-refractivity contribution >= 4 is 66.7 Å². The van der Waals surface area contributed by atoms with Crippen LogP contribution in [0, 0.1) is 0 Å². The SMILES string of the molecule is O=C1NC(=O)c2ccc3c4c(-c5ccccc5)c(-c5ccccc5)c5c6c(ccc(c7ccc1c2c73)c64)C(=O)NC5=O. The first-order valence-electron chi connectivity index (χ1n) is 13.6. The molecular formula is C36H18N2O4. The molecule has 0 aliphatic carbocycles. The van der Waals surface area contributed by atoms with Crippen molar-refractivity contribution in [1.82, 2.24) is 10.6 Å². The van der Waals surface area contributed by atoms with Crippen LogP contribution in [-0.2, 0) is 0 Å². The minimum Gasteiger partial charge on any atom is -0.288 e. The van der Waals surface area contributed by atoms with Gasteiger partial charge in [-0.3, -0.25) is 29.8 Å². The quantitative estimate of drug-likeness (QED) is 0.142. The fourth-order valence-corrected chi connectivity index (χ4v) is 7.10. The number of hydrogen-bond acceptors (Lipinski definition) is 4. The maximum absolute atomic E-state index is 13.8. The van der Waals surface area contributed by atoms with Gasteiger partial charge in [-0.2, -0.15) is 0 Å². The molecule has 0 saturated heterocycles. The van der Waals surface area contributed by atoms with Gasteiger partial charge in [0.25, 0.3) is 23.6 Å². The van der Waals surface area contributed by atoms with Gasteiger partial charge in [-0.1, -0.05) is 78.9 Å². The molecule has 6 heteroatoms. The fraction of sp³-hybridized carbons (Fsp3) is 0. The normalized spacial score (nSPS) is 14.3.